The number of aromatic nitrogens is 4. The van der Waals surface area contributed by atoms with Gasteiger partial charge >= 0.3 is 7.60 Å². The van der Waals surface area contributed by atoms with Crippen LogP contribution in [0.4, 0.5) is 5.69 Å². The van der Waals surface area contributed by atoms with Crippen LogP contribution in [0.5, 0.6) is 0 Å². The van der Waals surface area contributed by atoms with Gasteiger partial charge in [-0.05, 0) is 19.8 Å². The maximum Gasteiger partial charge on any atom is 0.358 e. The number of pyridine rings is 1. The molecule has 3 heterocycles. The molecule has 200 valence electrons. The third-order valence-corrected chi connectivity index (χ3v) is 8.25. The van der Waals surface area contributed by atoms with Gasteiger partial charge in [0.05, 0.1) is 18.8 Å². The van der Waals surface area contributed by atoms with Crippen molar-refractivity contribution in [2.24, 2.45) is 0 Å². The van der Waals surface area contributed by atoms with Gasteiger partial charge in [-0.3, -0.25) is 9.36 Å². The van der Waals surface area contributed by atoms with E-state index in [9.17, 15) is 29.4 Å². The van der Waals surface area contributed by atoms with Crippen molar-refractivity contribution in [3.8, 4) is 0 Å². The van der Waals surface area contributed by atoms with E-state index in [4.69, 9.17) is 21.1 Å². The molecule has 0 spiro atoms. The molecule has 36 heavy (non-hydrogen) atoms. The third-order valence-electron chi connectivity index (χ3n) is 6.53. The van der Waals surface area contributed by atoms with Gasteiger partial charge in [0.2, 0.25) is 5.91 Å². The lowest BCUT2D eigenvalue weighted by molar-refractivity contribution is -0.121. The summed E-state index contributed by atoms with van der Waals surface area (Å²) in [6.07, 6.45) is -1.07. The molecule has 1 saturated heterocycles. The SMILES string of the molecule is CC(=O)NCC(C)(OC[C@H]1O[C@@H](n2nnc3c(NC4CCCC4)cc(Cl)nc32)[C@H](O)[C@@H]1O)P(=O)(O)O. The van der Waals surface area contributed by atoms with Crippen LogP contribution < -0.4 is 10.6 Å². The highest BCUT2D eigenvalue weighted by molar-refractivity contribution is 7.53. The minimum absolute atomic E-state index is 0.176. The molecule has 1 aliphatic carbocycles. The number of nitrogens with zero attached hydrogens (tertiary/aromatic N) is 4. The molecule has 16 heteroatoms. The Morgan fingerprint density at radius 3 is 2.67 bits per heavy atom. The van der Waals surface area contributed by atoms with Gasteiger partial charge in [0.25, 0.3) is 0 Å². The number of aliphatic hydroxyl groups excluding tert-OH is 2. The molecule has 2 aromatic rings. The molecule has 1 amide bonds. The largest absolute Gasteiger partial charge is 0.387 e. The van der Waals surface area contributed by atoms with Crippen LogP contribution >= 0.6 is 19.2 Å². The quantitative estimate of drug-likeness (QED) is 0.187. The second-order valence-corrected chi connectivity index (χ2v) is 11.7. The standard InChI is InChI=1S/C20H30ClN6O8P/c1-10(28)22-9-20(2,36(31,32)33)34-8-13-16(29)17(30)19(35-13)27-18-15(25-26-27)12(7-14(21)24-18)23-11-5-3-4-6-11/h7,11,13,16-17,19,29-30H,3-6,8-9H2,1-2H3,(H,22,28)(H,23,24)(H2,31,32,33)/t13-,16-,17-,19-,20?/m1/s1. The van der Waals surface area contributed by atoms with E-state index >= 15 is 0 Å². The highest BCUT2D eigenvalue weighted by Gasteiger charge is 2.49. The van der Waals surface area contributed by atoms with Crippen LogP contribution in [0.2, 0.25) is 5.15 Å². The van der Waals surface area contributed by atoms with Gasteiger partial charge in [0.1, 0.15) is 23.5 Å². The molecule has 5 atom stereocenters. The Hall–Kier alpha value is -1.90. The molecular formula is C20H30ClN6O8P. The lowest BCUT2D eigenvalue weighted by atomic mass is 10.1. The van der Waals surface area contributed by atoms with E-state index < -0.39 is 56.5 Å². The van der Waals surface area contributed by atoms with Crippen LogP contribution in [-0.4, -0.2) is 88.7 Å². The molecule has 0 aromatic carbocycles. The van der Waals surface area contributed by atoms with Crippen molar-refractivity contribution in [2.75, 3.05) is 18.5 Å². The summed E-state index contributed by atoms with van der Waals surface area (Å²) in [7, 11) is -4.85. The Balaban J connectivity index is 1.53. The van der Waals surface area contributed by atoms with Crippen molar-refractivity contribution in [3.63, 3.8) is 0 Å². The maximum absolute atomic E-state index is 12.0. The first kappa shape index (κ1) is 27.1. The van der Waals surface area contributed by atoms with Crippen molar-refractivity contribution in [2.45, 2.75) is 75.5 Å². The number of nitrogens with one attached hydrogen (secondary N) is 2. The number of carbonyl (C=O) groups excluding carboxylic acids is 1. The highest BCUT2D eigenvalue weighted by atomic mass is 35.5. The van der Waals surface area contributed by atoms with E-state index in [1.165, 1.54) is 11.6 Å². The molecule has 2 fully saturated rings. The van der Waals surface area contributed by atoms with Gasteiger partial charge in [-0.15, -0.1) is 5.10 Å². The topological polar surface area (TPSA) is 201 Å². The third kappa shape index (κ3) is 5.50. The number of hydrogen-bond donors (Lipinski definition) is 6. The zero-order valence-electron chi connectivity index (χ0n) is 19.7. The summed E-state index contributed by atoms with van der Waals surface area (Å²) < 4.78 is 24.4. The number of halogens is 1. The number of hydrogen-bond acceptors (Lipinski definition) is 10. The fourth-order valence-electron chi connectivity index (χ4n) is 4.32. The molecule has 0 radical (unpaired) electrons. The Bertz CT molecular complexity index is 1160. The van der Waals surface area contributed by atoms with Gasteiger partial charge in [-0.1, -0.05) is 29.7 Å². The van der Waals surface area contributed by atoms with E-state index in [0.717, 1.165) is 32.6 Å². The molecule has 1 unspecified atom stereocenters. The summed E-state index contributed by atoms with van der Waals surface area (Å²) in [5, 5.41) is 33.3. The Morgan fingerprint density at radius 1 is 1.33 bits per heavy atom. The molecule has 1 aliphatic heterocycles. The summed E-state index contributed by atoms with van der Waals surface area (Å²) in [6.45, 7) is 1.36. The van der Waals surface area contributed by atoms with E-state index in [2.05, 4.69) is 25.9 Å². The van der Waals surface area contributed by atoms with E-state index in [1.807, 2.05) is 0 Å². The summed E-state index contributed by atoms with van der Waals surface area (Å²) in [4.78, 5) is 35.0. The Morgan fingerprint density at radius 2 is 2.03 bits per heavy atom. The molecule has 2 aromatic heterocycles. The number of amides is 1. The first-order valence-corrected chi connectivity index (χ1v) is 13.5. The van der Waals surface area contributed by atoms with E-state index in [0.29, 0.717) is 11.2 Å². The predicted octanol–water partition coefficient (Wildman–Crippen LogP) is 0.500. The van der Waals surface area contributed by atoms with Gasteiger partial charge in [0, 0.05) is 19.0 Å². The average Bonchev–Trinajstić information content (AvgIpc) is 3.51. The van der Waals surface area contributed by atoms with Crippen LogP contribution in [0.15, 0.2) is 6.07 Å². The minimum atomic E-state index is -4.85. The molecule has 4 rings (SSSR count). The monoisotopic (exact) mass is 548 g/mol. The summed E-state index contributed by atoms with van der Waals surface area (Å²) in [6, 6.07) is 1.92. The summed E-state index contributed by atoms with van der Waals surface area (Å²) in [5.74, 6) is -0.503. The molecule has 6 N–H and O–H groups in total. The number of rotatable bonds is 9. The van der Waals surface area contributed by atoms with E-state index in [1.54, 1.807) is 6.07 Å². The Labute approximate surface area is 211 Å². The van der Waals surface area contributed by atoms with Crippen LogP contribution in [0, 0.1) is 0 Å². The first-order valence-electron chi connectivity index (χ1n) is 11.5. The van der Waals surface area contributed by atoms with Gasteiger partial charge in [-0.25, -0.2) is 4.98 Å². The van der Waals surface area contributed by atoms with Gasteiger partial charge in [-0.2, -0.15) is 4.68 Å². The lowest BCUT2D eigenvalue weighted by Crippen LogP contribution is -2.44. The minimum Gasteiger partial charge on any atom is -0.387 e. The molecule has 0 bridgehead atoms. The van der Waals surface area contributed by atoms with Crippen molar-refractivity contribution in [1.29, 1.82) is 0 Å². The van der Waals surface area contributed by atoms with Gasteiger partial charge in [0.15, 0.2) is 22.7 Å². The zero-order valence-corrected chi connectivity index (χ0v) is 21.4. The highest BCUT2D eigenvalue weighted by Crippen LogP contribution is 2.51. The molecule has 1 saturated carbocycles. The number of ether oxygens (including phenoxy) is 2. The van der Waals surface area contributed by atoms with Crippen molar-refractivity contribution in [1.82, 2.24) is 25.3 Å². The van der Waals surface area contributed by atoms with Crippen molar-refractivity contribution >= 4 is 42.0 Å². The predicted molar refractivity (Wildman–Crippen MR) is 127 cm³/mol. The van der Waals surface area contributed by atoms with Crippen LogP contribution in [0.1, 0.15) is 45.8 Å². The normalized spacial score (nSPS) is 26.9. The number of aliphatic hydroxyl groups is 2. The average molecular weight is 549 g/mol. The molecule has 2 aliphatic rings. The van der Waals surface area contributed by atoms with E-state index in [-0.39, 0.29) is 16.8 Å². The van der Waals surface area contributed by atoms with Crippen molar-refractivity contribution < 1.29 is 38.8 Å². The second kappa shape index (κ2) is 10.5. The Kier molecular flexibility index (Phi) is 7.89. The van der Waals surface area contributed by atoms with Crippen LogP contribution in [-0.2, 0) is 18.8 Å². The molecular weight excluding hydrogens is 519 g/mol. The summed E-state index contributed by atoms with van der Waals surface area (Å²) in [5.41, 5.74) is 1.29. The van der Waals surface area contributed by atoms with Gasteiger partial charge < -0.3 is 40.1 Å². The lowest BCUT2D eigenvalue weighted by Gasteiger charge is -2.31. The fourth-order valence-corrected chi connectivity index (χ4v) is 5.03. The zero-order chi connectivity index (χ0) is 26.3. The van der Waals surface area contributed by atoms with Crippen LogP contribution in [0.3, 0.4) is 0 Å². The number of anilines is 1. The second-order valence-electron chi connectivity index (χ2n) is 9.31. The van der Waals surface area contributed by atoms with Crippen LogP contribution in [0.25, 0.3) is 11.2 Å². The van der Waals surface area contributed by atoms with Crippen molar-refractivity contribution in [3.05, 3.63) is 11.2 Å². The summed E-state index contributed by atoms with van der Waals surface area (Å²) >= 11 is 6.24. The fraction of sp³-hybridized carbons (Fsp3) is 0.700. The maximum atomic E-state index is 12.0. The smallest absolute Gasteiger partial charge is 0.358 e. The number of carbonyl (C=O) groups is 1. The molecule has 14 nitrogen and oxygen atoms in total. The number of fused-ring (bicyclic) bond motifs is 1. The first-order chi connectivity index (χ1) is 16.9.